The Balaban J connectivity index is 2.42. The summed E-state index contributed by atoms with van der Waals surface area (Å²) in [5, 5.41) is 4.66. The Hall–Kier alpha value is -1.34. The molecule has 1 aromatic rings. The van der Waals surface area contributed by atoms with Gasteiger partial charge in [0, 0.05) is 6.20 Å². The van der Waals surface area contributed by atoms with E-state index in [0.29, 0.717) is 0 Å². The Labute approximate surface area is 75.1 Å². The van der Waals surface area contributed by atoms with Crippen LogP contribution >= 0.6 is 11.3 Å². The molecule has 1 rings (SSSR count). The third-order valence-corrected chi connectivity index (χ3v) is 1.89. The lowest BCUT2D eigenvalue weighted by atomic mass is 10.6. The van der Waals surface area contributed by atoms with Gasteiger partial charge in [-0.15, -0.1) is 17.8 Å². The minimum Gasteiger partial charge on any atom is -0.383 e. The van der Waals surface area contributed by atoms with E-state index in [0.717, 1.165) is 9.88 Å². The SMILES string of the molecule is C#CCO/N=C/c1cnc(C)s1. The fraction of sp³-hybridized carbons (Fsp3) is 0.250. The van der Waals surface area contributed by atoms with Gasteiger partial charge in [0.15, 0.2) is 6.61 Å². The number of hydrogen-bond donors (Lipinski definition) is 0. The number of terminal acetylenes is 1. The highest BCUT2D eigenvalue weighted by molar-refractivity contribution is 7.13. The maximum atomic E-state index is 4.95. The van der Waals surface area contributed by atoms with E-state index < -0.39 is 0 Å². The summed E-state index contributed by atoms with van der Waals surface area (Å²) in [6.07, 6.45) is 8.29. The first-order chi connectivity index (χ1) is 5.83. The summed E-state index contributed by atoms with van der Waals surface area (Å²) in [6.45, 7) is 2.14. The van der Waals surface area contributed by atoms with Crippen LogP contribution in [0.4, 0.5) is 0 Å². The van der Waals surface area contributed by atoms with Crippen molar-refractivity contribution in [1.29, 1.82) is 0 Å². The van der Waals surface area contributed by atoms with Crippen LogP contribution in [0.5, 0.6) is 0 Å². The van der Waals surface area contributed by atoms with Gasteiger partial charge < -0.3 is 4.84 Å². The zero-order valence-corrected chi connectivity index (χ0v) is 7.47. The summed E-state index contributed by atoms with van der Waals surface area (Å²) in [4.78, 5) is 9.72. The summed E-state index contributed by atoms with van der Waals surface area (Å²) in [6, 6.07) is 0. The molecular weight excluding hydrogens is 172 g/mol. The molecule has 3 nitrogen and oxygen atoms in total. The van der Waals surface area contributed by atoms with Crippen LogP contribution in [-0.4, -0.2) is 17.8 Å². The van der Waals surface area contributed by atoms with E-state index in [1.807, 2.05) is 6.92 Å². The average Bonchev–Trinajstić information content (AvgIpc) is 2.45. The molecule has 0 aliphatic rings. The highest BCUT2D eigenvalue weighted by atomic mass is 32.1. The number of nitrogens with zero attached hydrogens (tertiary/aromatic N) is 2. The molecule has 0 radical (unpaired) electrons. The summed E-state index contributed by atoms with van der Waals surface area (Å²) in [5.41, 5.74) is 0. The van der Waals surface area contributed by atoms with Crippen LogP contribution in [0.15, 0.2) is 11.4 Å². The largest absolute Gasteiger partial charge is 0.383 e. The molecule has 0 aliphatic heterocycles. The third kappa shape index (κ3) is 2.72. The predicted octanol–water partition coefficient (Wildman–Crippen LogP) is 1.44. The Kier molecular flexibility index (Phi) is 3.30. The lowest BCUT2D eigenvalue weighted by Crippen LogP contribution is -1.82. The van der Waals surface area contributed by atoms with Gasteiger partial charge in [0.2, 0.25) is 0 Å². The molecule has 0 aromatic carbocycles. The molecule has 4 heteroatoms. The zero-order chi connectivity index (χ0) is 8.81. The molecule has 0 atom stereocenters. The van der Waals surface area contributed by atoms with E-state index in [9.17, 15) is 0 Å². The maximum Gasteiger partial charge on any atom is 0.177 e. The zero-order valence-electron chi connectivity index (χ0n) is 6.65. The van der Waals surface area contributed by atoms with Gasteiger partial charge in [-0.1, -0.05) is 11.1 Å². The molecule has 0 N–H and O–H groups in total. The first kappa shape index (κ1) is 8.75. The molecule has 0 unspecified atom stereocenters. The van der Waals surface area contributed by atoms with Crippen molar-refractivity contribution >= 4 is 17.6 Å². The van der Waals surface area contributed by atoms with Gasteiger partial charge in [-0.3, -0.25) is 0 Å². The number of aromatic nitrogens is 1. The van der Waals surface area contributed by atoms with E-state index in [4.69, 9.17) is 11.3 Å². The van der Waals surface area contributed by atoms with Crippen molar-refractivity contribution in [2.75, 3.05) is 6.61 Å². The summed E-state index contributed by atoms with van der Waals surface area (Å²) < 4.78 is 0. The average molecular weight is 180 g/mol. The summed E-state index contributed by atoms with van der Waals surface area (Å²) in [5.74, 6) is 2.31. The smallest absolute Gasteiger partial charge is 0.177 e. The Bertz CT molecular complexity index is 311. The molecule has 0 amide bonds. The molecule has 0 saturated carbocycles. The van der Waals surface area contributed by atoms with Crippen molar-refractivity contribution in [1.82, 2.24) is 4.98 Å². The normalized spacial score (nSPS) is 10.0. The van der Waals surface area contributed by atoms with Crippen molar-refractivity contribution in [3.8, 4) is 12.3 Å². The maximum absolute atomic E-state index is 4.95. The predicted molar refractivity (Wildman–Crippen MR) is 49.2 cm³/mol. The van der Waals surface area contributed by atoms with Crippen molar-refractivity contribution in [3.63, 3.8) is 0 Å². The van der Waals surface area contributed by atoms with Crippen LogP contribution < -0.4 is 0 Å². The third-order valence-electron chi connectivity index (χ3n) is 1.04. The quantitative estimate of drug-likeness (QED) is 0.305. The topological polar surface area (TPSA) is 34.5 Å². The Morgan fingerprint density at radius 3 is 3.33 bits per heavy atom. The molecular formula is C8H8N2OS. The van der Waals surface area contributed by atoms with Gasteiger partial charge in [-0.25, -0.2) is 4.98 Å². The van der Waals surface area contributed by atoms with Gasteiger partial charge in [0.25, 0.3) is 0 Å². The van der Waals surface area contributed by atoms with Gasteiger partial charge in [-0.05, 0) is 6.92 Å². The standard InChI is InChI=1S/C8H8N2OS/c1-3-4-11-10-6-8-5-9-7(2)12-8/h1,5-6H,4H2,2H3/b10-6+. The summed E-state index contributed by atoms with van der Waals surface area (Å²) >= 11 is 1.55. The number of thiazole rings is 1. The van der Waals surface area contributed by atoms with Gasteiger partial charge >= 0.3 is 0 Å². The molecule has 1 aromatic heterocycles. The number of oxime groups is 1. The Morgan fingerprint density at radius 2 is 2.75 bits per heavy atom. The second-order valence-electron chi connectivity index (χ2n) is 1.99. The first-order valence-electron chi connectivity index (χ1n) is 3.34. The molecule has 0 fully saturated rings. The fourth-order valence-corrected chi connectivity index (χ4v) is 1.25. The van der Waals surface area contributed by atoms with Crippen molar-refractivity contribution < 1.29 is 4.84 Å². The second kappa shape index (κ2) is 4.52. The van der Waals surface area contributed by atoms with E-state index in [2.05, 4.69) is 16.1 Å². The van der Waals surface area contributed by atoms with Crippen LogP contribution in [0.25, 0.3) is 0 Å². The van der Waals surface area contributed by atoms with Gasteiger partial charge in [-0.2, -0.15) is 0 Å². The van der Waals surface area contributed by atoms with Gasteiger partial charge in [0.05, 0.1) is 16.1 Å². The van der Waals surface area contributed by atoms with Crippen molar-refractivity contribution in [3.05, 3.63) is 16.1 Å². The molecule has 0 bridgehead atoms. The van der Waals surface area contributed by atoms with Crippen molar-refractivity contribution in [2.24, 2.45) is 5.16 Å². The lowest BCUT2D eigenvalue weighted by Gasteiger charge is -1.87. The Morgan fingerprint density at radius 1 is 1.92 bits per heavy atom. The monoisotopic (exact) mass is 180 g/mol. The highest BCUT2D eigenvalue weighted by Crippen LogP contribution is 2.08. The van der Waals surface area contributed by atoms with Crippen LogP contribution in [0.1, 0.15) is 9.88 Å². The molecule has 0 spiro atoms. The fourth-order valence-electron chi connectivity index (χ4n) is 0.601. The van der Waals surface area contributed by atoms with E-state index in [-0.39, 0.29) is 6.61 Å². The lowest BCUT2D eigenvalue weighted by molar-refractivity contribution is 0.182. The van der Waals surface area contributed by atoms with Gasteiger partial charge in [0.1, 0.15) is 0 Å². The van der Waals surface area contributed by atoms with Crippen LogP contribution in [0.2, 0.25) is 0 Å². The van der Waals surface area contributed by atoms with E-state index in [1.165, 1.54) is 0 Å². The molecule has 62 valence electrons. The number of rotatable bonds is 3. The number of hydrogen-bond acceptors (Lipinski definition) is 4. The molecule has 0 saturated heterocycles. The minimum absolute atomic E-state index is 0.203. The van der Waals surface area contributed by atoms with Crippen LogP contribution in [0.3, 0.4) is 0 Å². The highest BCUT2D eigenvalue weighted by Gasteiger charge is 1.92. The molecule has 12 heavy (non-hydrogen) atoms. The van der Waals surface area contributed by atoms with Crippen molar-refractivity contribution in [2.45, 2.75) is 6.92 Å². The molecule has 0 aliphatic carbocycles. The number of aryl methyl sites for hydroxylation is 1. The minimum atomic E-state index is 0.203. The van der Waals surface area contributed by atoms with Crippen LogP contribution in [-0.2, 0) is 4.84 Å². The van der Waals surface area contributed by atoms with E-state index >= 15 is 0 Å². The van der Waals surface area contributed by atoms with Crippen LogP contribution in [0, 0.1) is 19.3 Å². The molecule has 1 heterocycles. The van der Waals surface area contributed by atoms with E-state index in [1.54, 1.807) is 23.7 Å². The second-order valence-corrected chi connectivity index (χ2v) is 3.26. The summed E-state index contributed by atoms with van der Waals surface area (Å²) in [7, 11) is 0. The first-order valence-corrected chi connectivity index (χ1v) is 4.16.